The van der Waals surface area contributed by atoms with Crippen LogP contribution in [0.15, 0.2) is 16.8 Å². The van der Waals surface area contributed by atoms with E-state index in [0.29, 0.717) is 5.88 Å². The monoisotopic (exact) mass is 230 g/mol. The Hall–Kier alpha value is -0.450. The van der Waals surface area contributed by atoms with Crippen LogP contribution in [0.5, 0.6) is 0 Å². The summed E-state index contributed by atoms with van der Waals surface area (Å²) in [6, 6.07) is 2.10. The van der Waals surface area contributed by atoms with Crippen LogP contribution in [0.3, 0.4) is 0 Å². The van der Waals surface area contributed by atoms with Gasteiger partial charge in [0.15, 0.2) is 0 Å². The lowest BCUT2D eigenvalue weighted by molar-refractivity contribution is 0.978. The van der Waals surface area contributed by atoms with Crippen molar-refractivity contribution in [2.24, 2.45) is 0 Å². The van der Waals surface area contributed by atoms with Gasteiger partial charge in [-0.05, 0) is 22.4 Å². The fraction of sp³-hybridized carbons (Fsp3) is 0.250. The summed E-state index contributed by atoms with van der Waals surface area (Å²) in [4.78, 5) is 0. The van der Waals surface area contributed by atoms with Gasteiger partial charge in [0.25, 0.3) is 0 Å². The van der Waals surface area contributed by atoms with Crippen LogP contribution in [0.4, 0.5) is 0 Å². The van der Waals surface area contributed by atoms with Crippen molar-refractivity contribution in [2.45, 2.75) is 12.3 Å². The Bertz CT molecular complexity index is 369. The molecule has 68 valence electrons. The fourth-order valence-electron chi connectivity index (χ4n) is 0.982. The van der Waals surface area contributed by atoms with Crippen LogP contribution >= 0.6 is 34.3 Å². The highest BCUT2D eigenvalue weighted by Gasteiger charge is 2.03. The van der Waals surface area contributed by atoms with Crippen LogP contribution < -0.4 is 0 Å². The highest BCUT2D eigenvalue weighted by molar-refractivity contribution is 7.11. The third-order valence-electron chi connectivity index (χ3n) is 1.56. The minimum Gasteiger partial charge on any atom is -0.152 e. The topological polar surface area (TPSA) is 25.8 Å². The molecule has 2 aromatic heterocycles. The van der Waals surface area contributed by atoms with Crippen molar-refractivity contribution < 1.29 is 0 Å². The summed E-state index contributed by atoms with van der Waals surface area (Å²) in [6.45, 7) is 0. The van der Waals surface area contributed by atoms with E-state index >= 15 is 0 Å². The van der Waals surface area contributed by atoms with Gasteiger partial charge in [0, 0.05) is 6.42 Å². The van der Waals surface area contributed by atoms with Crippen LogP contribution in [0, 0.1) is 0 Å². The summed E-state index contributed by atoms with van der Waals surface area (Å²) in [6.07, 6.45) is 0.873. The van der Waals surface area contributed by atoms with E-state index in [1.165, 1.54) is 5.56 Å². The van der Waals surface area contributed by atoms with Crippen molar-refractivity contribution in [3.05, 3.63) is 32.4 Å². The summed E-state index contributed by atoms with van der Waals surface area (Å²) in [5.74, 6) is 0.460. The van der Waals surface area contributed by atoms with Gasteiger partial charge in [0.2, 0.25) is 0 Å². The Morgan fingerprint density at radius 3 is 2.77 bits per heavy atom. The molecule has 0 spiro atoms. The van der Waals surface area contributed by atoms with Gasteiger partial charge in [-0.15, -0.1) is 21.8 Å². The molecule has 0 aliphatic rings. The number of alkyl halides is 1. The minimum absolute atomic E-state index is 0.460. The molecule has 2 aromatic rings. The highest BCUT2D eigenvalue weighted by atomic mass is 35.5. The Kier molecular flexibility index (Phi) is 2.93. The molecule has 0 aliphatic carbocycles. The number of nitrogens with zero attached hydrogens (tertiary/aromatic N) is 2. The molecule has 0 bridgehead atoms. The average Bonchev–Trinajstić information content (AvgIpc) is 2.76. The first-order valence-electron chi connectivity index (χ1n) is 3.77. The van der Waals surface area contributed by atoms with E-state index in [4.69, 9.17) is 11.6 Å². The van der Waals surface area contributed by atoms with E-state index in [1.54, 1.807) is 22.7 Å². The van der Waals surface area contributed by atoms with Crippen molar-refractivity contribution in [1.29, 1.82) is 0 Å². The molecule has 0 N–H and O–H groups in total. The van der Waals surface area contributed by atoms with Crippen molar-refractivity contribution in [3.8, 4) is 0 Å². The third kappa shape index (κ3) is 2.27. The number of hydrogen-bond donors (Lipinski definition) is 0. The van der Waals surface area contributed by atoms with Crippen molar-refractivity contribution in [1.82, 2.24) is 10.2 Å². The first-order valence-corrected chi connectivity index (χ1v) is 6.06. The predicted molar refractivity (Wildman–Crippen MR) is 56.6 cm³/mol. The molecule has 0 fully saturated rings. The molecule has 2 nitrogen and oxygen atoms in total. The molecule has 0 saturated heterocycles. The van der Waals surface area contributed by atoms with Crippen molar-refractivity contribution in [2.75, 3.05) is 0 Å². The Balaban J connectivity index is 2.10. The SMILES string of the molecule is ClCc1nnc(Cc2ccsc2)s1. The summed E-state index contributed by atoms with van der Waals surface area (Å²) in [5, 5.41) is 14.1. The van der Waals surface area contributed by atoms with Gasteiger partial charge in [-0.3, -0.25) is 0 Å². The molecule has 5 heteroatoms. The Morgan fingerprint density at radius 2 is 2.15 bits per heavy atom. The van der Waals surface area contributed by atoms with Gasteiger partial charge >= 0.3 is 0 Å². The largest absolute Gasteiger partial charge is 0.152 e. The molecule has 0 aliphatic heterocycles. The van der Waals surface area contributed by atoms with Gasteiger partial charge in [-0.25, -0.2) is 0 Å². The zero-order valence-electron chi connectivity index (χ0n) is 6.74. The summed E-state index contributed by atoms with van der Waals surface area (Å²) in [7, 11) is 0. The van der Waals surface area contributed by atoms with E-state index in [-0.39, 0.29) is 0 Å². The number of aromatic nitrogens is 2. The van der Waals surface area contributed by atoms with Gasteiger partial charge in [-0.1, -0.05) is 11.3 Å². The van der Waals surface area contributed by atoms with E-state index in [9.17, 15) is 0 Å². The van der Waals surface area contributed by atoms with E-state index in [0.717, 1.165) is 16.4 Å². The number of hydrogen-bond acceptors (Lipinski definition) is 4. The van der Waals surface area contributed by atoms with Gasteiger partial charge in [-0.2, -0.15) is 11.3 Å². The number of thiophene rings is 1. The molecule has 13 heavy (non-hydrogen) atoms. The summed E-state index contributed by atoms with van der Waals surface area (Å²) < 4.78 is 0. The maximum Gasteiger partial charge on any atom is 0.132 e. The normalized spacial score (nSPS) is 10.5. The molecule has 0 unspecified atom stereocenters. The lowest BCUT2D eigenvalue weighted by atomic mass is 10.3. The molecule has 2 heterocycles. The van der Waals surface area contributed by atoms with Crippen molar-refractivity contribution >= 4 is 34.3 Å². The Labute approximate surface area is 89.2 Å². The summed E-state index contributed by atoms with van der Waals surface area (Å²) in [5.41, 5.74) is 1.29. The van der Waals surface area contributed by atoms with Gasteiger partial charge < -0.3 is 0 Å². The molecule has 0 amide bonds. The second-order valence-corrected chi connectivity index (χ2v) is 4.73. The van der Waals surface area contributed by atoms with E-state index in [2.05, 4.69) is 27.0 Å². The van der Waals surface area contributed by atoms with Crippen LogP contribution in [-0.4, -0.2) is 10.2 Å². The second-order valence-electron chi connectivity index (χ2n) is 2.53. The van der Waals surface area contributed by atoms with Crippen LogP contribution in [0.1, 0.15) is 15.6 Å². The van der Waals surface area contributed by atoms with Crippen LogP contribution in [0.25, 0.3) is 0 Å². The molecule has 0 saturated carbocycles. The molecular formula is C8H7ClN2S2. The molecule has 0 atom stereocenters. The summed E-state index contributed by atoms with van der Waals surface area (Å²) >= 11 is 8.92. The zero-order chi connectivity index (χ0) is 9.10. The molecule has 2 rings (SSSR count). The quantitative estimate of drug-likeness (QED) is 0.758. The standard InChI is InChI=1S/C8H7ClN2S2/c9-4-8-11-10-7(13-8)3-6-1-2-12-5-6/h1-2,5H,3-4H2. The number of halogens is 1. The molecular weight excluding hydrogens is 224 g/mol. The molecule has 0 aromatic carbocycles. The lowest BCUT2D eigenvalue weighted by Crippen LogP contribution is -1.83. The Morgan fingerprint density at radius 1 is 1.31 bits per heavy atom. The van der Waals surface area contributed by atoms with Gasteiger partial charge in [0.1, 0.15) is 10.0 Å². The second kappa shape index (κ2) is 4.17. The zero-order valence-corrected chi connectivity index (χ0v) is 9.12. The van der Waals surface area contributed by atoms with E-state index in [1.807, 2.05) is 0 Å². The first-order chi connectivity index (χ1) is 6.38. The highest BCUT2D eigenvalue weighted by Crippen LogP contribution is 2.17. The smallest absolute Gasteiger partial charge is 0.132 e. The number of rotatable bonds is 3. The predicted octanol–water partition coefficient (Wildman–Crippen LogP) is 2.93. The van der Waals surface area contributed by atoms with Crippen LogP contribution in [-0.2, 0) is 12.3 Å². The minimum atomic E-state index is 0.460. The lowest BCUT2D eigenvalue weighted by Gasteiger charge is -1.88. The first kappa shape index (κ1) is 9.12. The van der Waals surface area contributed by atoms with E-state index < -0.39 is 0 Å². The fourth-order valence-corrected chi connectivity index (χ4v) is 2.60. The maximum atomic E-state index is 5.63. The van der Waals surface area contributed by atoms with Gasteiger partial charge in [0.05, 0.1) is 5.88 Å². The molecule has 0 radical (unpaired) electrons. The van der Waals surface area contributed by atoms with Crippen LogP contribution in [0.2, 0.25) is 0 Å². The third-order valence-corrected chi connectivity index (χ3v) is 3.63. The average molecular weight is 231 g/mol. The maximum absolute atomic E-state index is 5.63. The van der Waals surface area contributed by atoms with Crippen molar-refractivity contribution in [3.63, 3.8) is 0 Å².